The molecule has 0 aromatic carbocycles. The van der Waals surface area contributed by atoms with E-state index >= 15 is 0 Å². The number of amides is 1. The van der Waals surface area contributed by atoms with Crippen molar-refractivity contribution in [3.05, 3.63) is 15.8 Å². The number of anilines is 1. The normalized spacial score (nSPS) is 21.8. The van der Waals surface area contributed by atoms with Crippen LogP contribution in [0.3, 0.4) is 0 Å². The number of carboxylic acids is 1. The van der Waals surface area contributed by atoms with E-state index in [0.717, 1.165) is 37.0 Å². The van der Waals surface area contributed by atoms with Crippen LogP contribution in [0.5, 0.6) is 0 Å². The van der Waals surface area contributed by atoms with Crippen LogP contribution in [0.2, 0.25) is 0 Å². The number of thiophene rings is 1. The number of carboxylic acid groups (broad SMARTS) is 1. The molecule has 0 bridgehead atoms. The molecule has 4 nitrogen and oxygen atoms in total. The van der Waals surface area contributed by atoms with Crippen molar-refractivity contribution >= 4 is 28.9 Å². The molecule has 5 heteroatoms. The van der Waals surface area contributed by atoms with E-state index in [2.05, 4.69) is 11.8 Å². The average Bonchev–Trinajstić information content (AvgIpc) is 2.97. The highest BCUT2D eigenvalue weighted by Crippen LogP contribution is 2.39. The van der Waals surface area contributed by atoms with Gasteiger partial charge in [-0.25, -0.2) is 4.79 Å². The zero-order valence-electron chi connectivity index (χ0n) is 17.2. The topological polar surface area (TPSA) is 57.6 Å². The Morgan fingerprint density at radius 3 is 2.46 bits per heavy atom. The van der Waals surface area contributed by atoms with Gasteiger partial charge in [-0.1, -0.05) is 37.5 Å². The predicted molar refractivity (Wildman–Crippen MR) is 114 cm³/mol. The smallest absolute Gasteiger partial charge is 0.348 e. The van der Waals surface area contributed by atoms with Gasteiger partial charge in [-0.05, 0) is 58.4 Å². The molecule has 2 aliphatic rings. The molecule has 0 radical (unpaired) electrons. The molecule has 1 saturated carbocycles. The molecule has 152 valence electrons. The number of aromatic carboxylic acids is 1. The fraction of sp³-hybridized carbons (Fsp3) is 0.652. The second-order valence-corrected chi connectivity index (χ2v) is 10.2. The maximum Gasteiger partial charge on any atom is 0.348 e. The van der Waals surface area contributed by atoms with Crippen molar-refractivity contribution in [3.63, 3.8) is 0 Å². The Hall–Kier alpha value is -1.80. The Morgan fingerprint density at radius 2 is 1.82 bits per heavy atom. The van der Waals surface area contributed by atoms with Crippen LogP contribution < -0.4 is 4.90 Å². The quantitative estimate of drug-likeness (QED) is 0.661. The lowest BCUT2D eigenvalue weighted by Gasteiger charge is -2.37. The lowest BCUT2D eigenvalue weighted by molar-refractivity contribution is -0.119. The summed E-state index contributed by atoms with van der Waals surface area (Å²) in [6, 6.07) is 1.96. The van der Waals surface area contributed by atoms with Crippen molar-refractivity contribution in [1.29, 1.82) is 0 Å². The molecule has 2 fully saturated rings. The van der Waals surface area contributed by atoms with Crippen LogP contribution in [0.25, 0.3) is 0 Å². The summed E-state index contributed by atoms with van der Waals surface area (Å²) in [5.74, 6) is 5.89. The lowest BCUT2D eigenvalue weighted by Crippen LogP contribution is -2.44. The zero-order chi connectivity index (χ0) is 20.3. The van der Waals surface area contributed by atoms with Gasteiger partial charge in [0.05, 0.1) is 10.6 Å². The zero-order valence-corrected chi connectivity index (χ0v) is 18.0. The summed E-state index contributed by atoms with van der Waals surface area (Å²) >= 11 is 1.19. The van der Waals surface area contributed by atoms with E-state index in [1.807, 2.05) is 31.7 Å². The molecule has 1 saturated heterocycles. The third-order valence-corrected chi connectivity index (χ3v) is 6.69. The number of hydrogen-bond acceptors (Lipinski definition) is 3. The molecule has 1 aliphatic heterocycles. The van der Waals surface area contributed by atoms with Crippen molar-refractivity contribution in [3.8, 4) is 11.8 Å². The first kappa shape index (κ1) is 20.9. The van der Waals surface area contributed by atoms with Crippen LogP contribution in [-0.4, -0.2) is 23.0 Å². The van der Waals surface area contributed by atoms with Gasteiger partial charge >= 0.3 is 5.97 Å². The highest BCUT2D eigenvalue weighted by Gasteiger charge is 2.36. The number of nitrogens with zero attached hydrogens (tertiary/aromatic N) is 1. The minimum Gasteiger partial charge on any atom is -0.477 e. The van der Waals surface area contributed by atoms with E-state index in [4.69, 9.17) is 0 Å². The summed E-state index contributed by atoms with van der Waals surface area (Å²) in [6.45, 7) is 6.10. The fourth-order valence-electron chi connectivity index (χ4n) is 4.37. The van der Waals surface area contributed by atoms with Gasteiger partial charge in [-0.15, -0.1) is 11.3 Å². The van der Waals surface area contributed by atoms with E-state index < -0.39 is 5.97 Å². The second-order valence-electron chi connectivity index (χ2n) is 9.11. The van der Waals surface area contributed by atoms with Crippen LogP contribution in [0, 0.1) is 23.2 Å². The molecular weight excluding hydrogens is 370 g/mol. The van der Waals surface area contributed by atoms with Gasteiger partial charge in [-0.2, -0.15) is 0 Å². The summed E-state index contributed by atoms with van der Waals surface area (Å²) in [5.41, 5.74) is 0.412. The summed E-state index contributed by atoms with van der Waals surface area (Å²) in [7, 11) is 0. The number of hydrogen-bond donors (Lipinski definition) is 1. The molecule has 1 unspecified atom stereocenters. The van der Waals surface area contributed by atoms with Gasteiger partial charge in [0.1, 0.15) is 4.88 Å². The first-order chi connectivity index (χ1) is 13.3. The molecule has 0 spiro atoms. The van der Waals surface area contributed by atoms with Gasteiger partial charge in [0.25, 0.3) is 0 Å². The molecule has 1 atom stereocenters. The summed E-state index contributed by atoms with van der Waals surface area (Å²) < 4.78 is 0. The summed E-state index contributed by atoms with van der Waals surface area (Å²) in [6.07, 6.45) is 9.35. The molecule has 1 aromatic rings. The van der Waals surface area contributed by atoms with Crippen LogP contribution in [0.1, 0.15) is 93.1 Å². The Morgan fingerprint density at radius 1 is 1.14 bits per heavy atom. The van der Waals surface area contributed by atoms with Crippen molar-refractivity contribution in [1.82, 2.24) is 0 Å². The lowest BCUT2D eigenvalue weighted by atomic mass is 9.81. The van der Waals surface area contributed by atoms with Gasteiger partial charge in [0.2, 0.25) is 5.91 Å². The second kappa shape index (κ2) is 8.69. The summed E-state index contributed by atoms with van der Waals surface area (Å²) in [5, 5.41) is 9.82. The Balaban J connectivity index is 2.02. The molecule has 3 rings (SSSR count). The third-order valence-electron chi connectivity index (χ3n) is 5.66. The van der Waals surface area contributed by atoms with E-state index in [1.165, 1.54) is 30.6 Å². The van der Waals surface area contributed by atoms with Crippen molar-refractivity contribution < 1.29 is 14.7 Å². The number of carbonyl (C=O) groups is 2. The van der Waals surface area contributed by atoms with Crippen molar-refractivity contribution in [2.45, 2.75) is 84.6 Å². The van der Waals surface area contributed by atoms with Crippen LogP contribution in [0.15, 0.2) is 6.07 Å². The van der Waals surface area contributed by atoms with Crippen LogP contribution in [0.4, 0.5) is 5.69 Å². The molecule has 1 amide bonds. The highest BCUT2D eigenvalue weighted by molar-refractivity contribution is 7.15. The van der Waals surface area contributed by atoms with Gasteiger partial charge in [0, 0.05) is 17.9 Å². The molecule has 1 aliphatic carbocycles. The molecule has 28 heavy (non-hydrogen) atoms. The largest absolute Gasteiger partial charge is 0.477 e. The van der Waals surface area contributed by atoms with Gasteiger partial charge in [0.15, 0.2) is 0 Å². The highest BCUT2D eigenvalue weighted by atomic mass is 32.1. The predicted octanol–water partition coefficient (Wildman–Crippen LogP) is 5.70. The van der Waals surface area contributed by atoms with E-state index in [9.17, 15) is 14.7 Å². The first-order valence-electron chi connectivity index (χ1n) is 10.5. The molecular formula is C23H31NO3S. The monoisotopic (exact) mass is 401 g/mol. The maximum absolute atomic E-state index is 13.1. The average molecular weight is 402 g/mol. The van der Waals surface area contributed by atoms with E-state index in [-0.39, 0.29) is 22.2 Å². The third kappa shape index (κ3) is 4.97. The van der Waals surface area contributed by atoms with E-state index in [1.54, 1.807) is 0 Å². The molecule has 1 N–H and O–H groups in total. The summed E-state index contributed by atoms with van der Waals surface area (Å²) in [4.78, 5) is 27.9. The number of carbonyl (C=O) groups excluding carboxylic acids is 1. The SMILES string of the molecule is CC(C)(C)C#Cc1cc(N2C(=O)CCCCC2C2CCCCC2)c(C(=O)O)s1. The Kier molecular flexibility index (Phi) is 6.50. The Bertz CT molecular complexity index is 787. The maximum atomic E-state index is 13.1. The minimum atomic E-state index is -0.969. The standard InChI is InChI=1S/C23H31NO3S/c1-23(2,3)14-13-17-15-19(21(28-17)22(26)27)24-18(11-7-8-12-20(24)25)16-9-5-4-6-10-16/h15-16,18H,4-12H2,1-3H3,(H,26,27). The molecule has 1 aromatic heterocycles. The Labute approximate surface area is 172 Å². The minimum absolute atomic E-state index is 0.0729. The van der Waals surface area contributed by atoms with Crippen molar-refractivity contribution in [2.75, 3.05) is 4.90 Å². The van der Waals surface area contributed by atoms with Crippen LogP contribution in [-0.2, 0) is 4.79 Å². The van der Waals surface area contributed by atoms with Crippen LogP contribution >= 0.6 is 11.3 Å². The fourth-order valence-corrected chi connectivity index (χ4v) is 5.21. The van der Waals surface area contributed by atoms with Gasteiger partial charge in [-0.3, -0.25) is 4.79 Å². The first-order valence-corrected chi connectivity index (χ1v) is 11.3. The van der Waals surface area contributed by atoms with E-state index in [0.29, 0.717) is 18.0 Å². The molecule has 2 heterocycles. The van der Waals surface area contributed by atoms with Gasteiger partial charge < -0.3 is 10.0 Å². The van der Waals surface area contributed by atoms with Crippen molar-refractivity contribution in [2.24, 2.45) is 11.3 Å². The number of rotatable bonds is 3.